The minimum Gasteiger partial charge on any atom is -0.466 e. The van der Waals surface area contributed by atoms with Gasteiger partial charge >= 0.3 is 5.97 Å². The predicted molar refractivity (Wildman–Crippen MR) is 148 cm³/mol. The third-order valence-electron chi connectivity index (χ3n) is 5.71. The molecule has 0 aliphatic heterocycles. The number of anilines is 1. The van der Waals surface area contributed by atoms with Gasteiger partial charge in [0.05, 0.1) is 23.5 Å². The first kappa shape index (κ1) is 25.5. The van der Waals surface area contributed by atoms with Crippen molar-refractivity contribution in [3.63, 3.8) is 0 Å². The molecule has 186 valence electrons. The third-order valence-corrected chi connectivity index (χ3v) is 6.77. The zero-order valence-electron chi connectivity index (χ0n) is 20.6. The number of carbonyl (C=O) groups excluding carboxylic acids is 1. The number of unbranched alkanes of at least 4 members (excludes halogenated alkanes) is 3. The molecule has 0 atom stereocenters. The van der Waals surface area contributed by atoms with Crippen LogP contribution in [-0.4, -0.2) is 34.3 Å². The van der Waals surface area contributed by atoms with Gasteiger partial charge < -0.3 is 10.1 Å². The van der Waals surface area contributed by atoms with Crippen molar-refractivity contribution in [1.82, 2.24) is 15.2 Å². The summed E-state index contributed by atoms with van der Waals surface area (Å²) in [4.78, 5) is 18.1. The number of para-hydroxylation sites is 1. The molecule has 7 heteroatoms. The molecule has 0 radical (unpaired) electrons. The molecule has 0 saturated heterocycles. The van der Waals surface area contributed by atoms with Gasteiger partial charge in [-0.2, -0.15) is 5.10 Å². The number of aromatic amines is 1. The number of nitrogens with one attached hydrogen (secondary N) is 2. The van der Waals surface area contributed by atoms with Crippen LogP contribution < -0.4 is 5.32 Å². The molecular formula is C29H32N4O2S. The second-order valence-corrected chi connectivity index (χ2v) is 9.51. The van der Waals surface area contributed by atoms with Gasteiger partial charge in [-0.3, -0.25) is 14.9 Å². The Kier molecular flexibility index (Phi) is 9.56. The third kappa shape index (κ3) is 7.46. The van der Waals surface area contributed by atoms with E-state index >= 15 is 0 Å². The highest BCUT2D eigenvalue weighted by Crippen LogP contribution is 2.35. The lowest BCUT2D eigenvalue weighted by atomic mass is 10.1. The predicted octanol–water partition coefficient (Wildman–Crippen LogP) is 7.21. The largest absolute Gasteiger partial charge is 0.466 e. The van der Waals surface area contributed by atoms with Crippen LogP contribution in [0.15, 0.2) is 76.7 Å². The van der Waals surface area contributed by atoms with Gasteiger partial charge in [0.1, 0.15) is 0 Å². The zero-order valence-corrected chi connectivity index (χ0v) is 21.4. The maximum atomic E-state index is 11.4. The lowest BCUT2D eigenvalue weighted by Crippen LogP contribution is -2.04. The van der Waals surface area contributed by atoms with Crippen molar-refractivity contribution in [1.29, 1.82) is 0 Å². The Morgan fingerprint density at radius 3 is 2.75 bits per heavy atom. The smallest absolute Gasteiger partial charge is 0.305 e. The lowest BCUT2D eigenvalue weighted by Gasteiger charge is -2.12. The highest BCUT2D eigenvalue weighted by atomic mass is 32.2. The molecule has 6 nitrogen and oxygen atoms in total. The molecular weight excluding hydrogens is 468 g/mol. The normalized spacial score (nSPS) is 11.2. The second kappa shape index (κ2) is 13.5. The number of H-pyrrole nitrogens is 1. The number of hydrogen-bond donors (Lipinski definition) is 2. The van der Waals surface area contributed by atoms with E-state index in [0.717, 1.165) is 65.1 Å². The first-order chi connectivity index (χ1) is 17.7. The summed E-state index contributed by atoms with van der Waals surface area (Å²) in [6.45, 7) is 3.21. The van der Waals surface area contributed by atoms with Crippen LogP contribution in [0.1, 0.15) is 50.4 Å². The van der Waals surface area contributed by atoms with Crippen LogP contribution in [0.25, 0.3) is 23.1 Å². The van der Waals surface area contributed by atoms with E-state index < -0.39 is 0 Å². The molecule has 0 aliphatic carbocycles. The molecule has 0 bridgehead atoms. The molecule has 2 heterocycles. The summed E-state index contributed by atoms with van der Waals surface area (Å²) in [7, 11) is 0. The number of benzene rings is 2. The summed E-state index contributed by atoms with van der Waals surface area (Å²) in [6.07, 6.45) is 10.4. The Hall–Kier alpha value is -3.58. The van der Waals surface area contributed by atoms with Crippen LogP contribution in [0.3, 0.4) is 0 Å². The van der Waals surface area contributed by atoms with Crippen LogP contribution in [0.2, 0.25) is 0 Å². The average Bonchev–Trinajstić information content (AvgIpc) is 3.31. The molecule has 2 aromatic heterocycles. The minimum absolute atomic E-state index is 0.0907. The Morgan fingerprint density at radius 2 is 1.89 bits per heavy atom. The number of fused-ring (bicyclic) bond motifs is 1. The minimum atomic E-state index is -0.0907. The summed E-state index contributed by atoms with van der Waals surface area (Å²) in [5.74, 6) is -0.0907. The van der Waals surface area contributed by atoms with Gasteiger partial charge in [-0.1, -0.05) is 42.8 Å². The Bertz CT molecular complexity index is 1290. The van der Waals surface area contributed by atoms with Crippen molar-refractivity contribution in [3.05, 3.63) is 78.2 Å². The van der Waals surface area contributed by atoms with Crippen molar-refractivity contribution < 1.29 is 9.53 Å². The molecule has 2 aromatic carbocycles. The van der Waals surface area contributed by atoms with Gasteiger partial charge in [-0.15, -0.1) is 0 Å². The van der Waals surface area contributed by atoms with E-state index in [1.165, 1.54) is 4.90 Å². The van der Waals surface area contributed by atoms with E-state index in [1.807, 2.05) is 37.3 Å². The van der Waals surface area contributed by atoms with E-state index in [4.69, 9.17) is 4.74 Å². The molecule has 0 amide bonds. The van der Waals surface area contributed by atoms with Crippen LogP contribution in [-0.2, 0) is 9.53 Å². The molecule has 0 unspecified atom stereocenters. The highest BCUT2D eigenvalue weighted by molar-refractivity contribution is 7.99. The van der Waals surface area contributed by atoms with Crippen LogP contribution >= 0.6 is 11.8 Å². The number of carbonyl (C=O) groups is 1. The van der Waals surface area contributed by atoms with Crippen molar-refractivity contribution >= 4 is 46.5 Å². The van der Waals surface area contributed by atoms with Crippen LogP contribution in [0.5, 0.6) is 0 Å². The molecule has 0 spiro atoms. The SMILES string of the molecule is CCOC(=O)CCCCCCNc1ccccc1Sc1ccc2c(/C=C/c3ccccn3)n[nH]c2c1. The maximum absolute atomic E-state index is 11.4. The number of esters is 1. The fraction of sp³-hybridized carbons (Fsp3) is 0.276. The Morgan fingerprint density at radius 1 is 1.03 bits per heavy atom. The maximum Gasteiger partial charge on any atom is 0.305 e. The molecule has 4 rings (SSSR count). The Labute approximate surface area is 216 Å². The number of nitrogens with zero attached hydrogens (tertiary/aromatic N) is 2. The zero-order chi connectivity index (χ0) is 25.0. The number of rotatable bonds is 13. The summed E-state index contributed by atoms with van der Waals surface area (Å²) in [5, 5.41) is 12.3. The van der Waals surface area contributed by atoms with Gasteiger partial charge in [0, 0.05) is 40.0 Å². The topological polar surface area (TPSA) is 79.9 Å². The van der Waals surface area contributed by atoms with Crippen LogP contribution in [0, 0.1) is 0 Å². The molecule has 2 N–H and O–H groups in total. The standard InChI is InChI=1S/C29H32N4O2S/c1-2-35-29(34)14-5-3-4-9-20-31-26-12-6-7-13-28(26)36-23-16-17-24-25(32-33-27(24)21-23)18-15-22-11-8-10-19-30-22/h6-8,10-13,15-19,21,31H,2-5,9,14,20H2,1H3,(H,32,33)/b18-15+. The average molecular weight is 501 g/mol. The fourth-order valence-electron chi connectivity index (χ4n) is 3.88. The summed E-state index contributed by atoms with van der Waals surface area (Å²) in [6, 6.07) is 20.6. The van der Waals surface area contributed by atoms with E-state index in [2.05, 4.69) is 63.0 Å². The summed E-state index contributed by atoms with van der Waals surface area (Å²) < 4.78 is 4.98. The van der Waals surface area contributed by atoms with E-state index in [-0.39, 0.29) is 5.97 Å². The molecule has 0 fully saturated rings. The van der Waals surface area contributed by atoms with Gasteiger partial charge in [0.2, 0.25) is 0 Å². The monoisotopic (exact) mass is 500 g/mol. The van der Waals surface area contributed by atoms with Crippen molar-refractivity contribution in [2.45, 2.75) is 48.8 Å². The highest BCUT2D eigenvalue weighted by Gasteiger charge is 2.08. The molecule has 36 heavy (non-hydrogen) atoms. The van der Waals surface area contributed by atoms with E-state index in [1.54, 1.807) is 18.0 Å². The van der Waals surface area contributed by atoms with Crippen molar-refractivity contribution in [2.75, 3.05) is 18.5 Å². The number of pyridine rings is 1. The quantitative estimate of drug-likeness (QED) is 0.149. The van der Waals surface area contributed by atoms with Crippen molar-refractivity contribution in [3.8, 4) is 0 Å². The summed E-state index contributed by atoms with van der Waals surface area (Å²) >= 11 is 1.74. The van der Waals surface area contributed by atoms with E-state index in [9.17, 15) is 4.79 Å². The first-order valence-corrected chi connectivity index (χ1v) is 13.3. The van der Waals surface area contributed by atoms with Crippen molar-refractivity contribution in [2.24, 2.45) is 0 Å². The van der Waals surface area contributed by atoms with Gasteiger partial charge in [0.15, 0.2) is 0 Å². The van der Waals surface area contributed by atoms with Gasteiger partial charge in [-0.25, -0.2) is 0 Å². The second-order valence-electron chi connectivity index (χ2n) is 8.40. The lowest BCUT2D eigenvalue weighted by molar-refractivity contribution is -0.143. The van der Waals surface area contributed by atoms with E-state index in [0.29, 0.717) is 13.0 Å². The van der Waals surface area contributed by atoms with Crippen LogP contribution in [0.4, 0.5) is 5.69 Å². The van der Waals surface area contributed by atoms with Gasteiger partial charge in [0.25, 0.3) is 0 Å². The molecule has 0 saturated carbocycles. The number of ether oxygens (including phenoxy) is 1. The first-order valence-electron chi connectivity index (χ1n) is 12.5. The Balaban J connectivity index is 1.31. The number of hydrogen-bond acceptors (Lipinski definition) is 6. The molecule has 4 aromatic rings. The molecule has 0 aliphatic rings. The summed E-state index contributed by atoms with van der Waals surface area (Å²) in [5.41, 5.74) is 3.95. The number of aromatic nitrogens is 3. The van der Waals surface area contributed by atoms with Gasteiger partial charge in [-0.05, 0) is 74.4 Å². The fourth-order valence-corrected chi connectivity index (χ4v) is 4.85.